The van der Waals surface area contributed by atoms with Gasteiger partial charge in [-0.25, -0.2) is 0 Å². The molecule has 1 rings (SSSR count). The fourth-order valence-electron chi connectivity index (χ4n) is 0.746. The zero-order chi connectivity index (χ0) is 7.56. The molecular weight excluding hydrogens is 263 g/mol. The Bertz CT molecular complexity index is 243. The number of rotatable bonds is 1. The molecule has 1 aromatic rings. The van der Waals surface area contributed by atoms with Crippen LogP contribution in [0, 0.1) is 6.92 Å². The van der Waals surface area contributed by atoms with Gasteiger partial charge in [-0.05, 0) is 34.0 Å². The minimum absolute atomic E-state index is 0. The van der Waals surface area contributed by atoms with E-state index in [9.17, 15) is 0 Å². The summed E-state index contributed by atoms with van der Waals surface area (Å²) in [6, 6.07) is 0. The molecule has 12 heavy (non-hydrogen) atoms. The summed E-state index contributed by atoms with van der Waals surface area (Å²) in [7, 11) is 0. The van der Waals surface area contributed by atoms with Crippen molar-refractivity contribution in [3.63, 3.8) is 0 Å². The van der Waals surface area contributed by atoms with Crippen LogP contribution in [0.1, 0.15) is 11.1 Å². The molecule has 0 fully saturated rings. The van der Waals surface area contributed by atoms with Gasteiger partial charge in [-0.2, -0.15) is 0 Å². The third kappa shape index (κ3) is 3.27. The normalized spacial score (nSPS) is 8.25. The van der Waals surface area contributed by atoms with Crippen molar-refractivity contribution in [2.24, 2.45) is 5.73 Å². The van der Waals surface area contributed by atoms with E-state index in [0.29, 0.717) is 6.54 Å². The van der Waals surface area contributed by atoms with Crippen molar-refractivity contribution in [1.82, 2.24) is 4.98 Å². The predicted octanol–water partition coefficient (Wildman–Crippen LogP) is 2.45. The molecule has 0 radical (unpaired) electrons. The number of pyridine rings is 1. The second-order valence-electron chi connectivity index (χ2n) is 2.11. The van der Waals surface area contributed by atoms with Crippen LogP contribution in [0.2, 0.25) is 0 Å². The monoisotopic (exact) mass is 272 g/mol. The van der Waals surface area contributed by atoms with Gasteiger partial charge in [0.1, 0.15) is 0 Å². The van der Waals surface area contributed by atoms with Gasteiger partial charge < -0.3 is 5.73 Å². The molecule has 0 aliphatic carbocycles. The maximum atomic E-state index is 5.46. The molecule has 0 aliphatic rings. The van der Waals surface area contributed by atoms with Gasteiger partial charge in [0.25, 0.3) is 0 Å². The minimum atomic E-state index is 0. The van der Waals surface area contributed by atoms with E-state index in [2.05, 4.69) is 20.9 Å². The lowest BCUT2D eigenvalue weighted by Crippen LogP contribution is -1.99. The zero-order valence-electron chi connectivity index (χ0n) is 6.58. The highest BCUT2D eigenvalue weighted by Gasteiger charge is 1.98. The standard InChI is InChI=1S/C7H9BrN2.2ClH/c1-5-6(2-9)3-10-4-7(5)8;;/h3-4H,2,9H2,1H3;2*1H. The molecule has 1 aromatic heterocycles. The fourth-order valence-corrected chi connectivity index (χ4v) is 1.12. The van der Waals surface area contributed by atoms with Crippen LogP contribution in [0.15, 0.2) is 16.9 Å². The third-order valence-corrected chi connectivity index (χ3v) is 2.28. The Morgan fingerprint density at radius 3 is 2.42 bits per heavy atom. The Morgan fingerprint density at radius 2 is 2.00 bits per heavy atom. The van der Waals surface area contributed by atoms with Crippen LogP contribution in [0.5, 0.6) is 0 Å². The number of halogens is 3. The van der Waals surface area contributed by atoms with E-state index in [4.69, 9.17) is 5.73 Å². The average molecular weight is 274 g/mol. The molecular formula is C7H11BrCl2N2. The summed E-state index contributed by atoms with van der Waals surface area (Å²) >= 11 is 3.37. The van der Waals surface area contributed by atoms with Gasteiger partial charge in [-0.1, -0.05) is 0 Å². The maximum Gasteiger partial charge on any atom is 0.0413 e. The Hall–Kier alpha value is 0.170. The molecule has 2 nitrogen and oxygen atoms in total. The SMILES string of the molecule is Cc1c(Br)cncc1CN.Cl.Cl. The van der Waals surface area contributed by atoms with Gasteiger partial charge in [-0.15, -0.1) is 24.8 Å². The van der Waals surface area contributed by atoms with Crippen LogP contribution in [-0.4, -0.2) is 4.98 Å². The number of nitrogens with two attached hydrogens (primary N) is 1. The number of hydrogen-bond acceptors (Lipinski definition) is 2. The maximum absolute atomic E-state index is 5.46. The van der Waals surface area contributed by atoms with Crippen LogP contribution in [0.25, 0.3) is 0 Å². The Morgan fingerprint density at radius 1 is 1.42 bits per heavy atom. The quantitative estimate of drug-likeness (QED) is 0.854. The highest BCUT2D eigenvalue weighted by atomic mass is 79.9. The van der Waals surface area contributed by atoms with Crippen LogP contribution in [0.3, 0.4) is 0 Å². The van der Waals surface area contributed by atoms with E-state index in [1.165, 1.54) is 5.56 Å². The molecule has 0 aliphatic heterocycles. The summed E-state index contributed by atoms with van der Waals surface area (Å²) in [6.45, 7) is 2.58. The van der Waals surface area contributed by atoms with Crippen molar-refractivity contribution >= 4 is 40.7 Å². The van der Waals surface area contributed by atoms with Gasteiger partial charge >= 0.3 is 0 Å². The second kappa shape index (κ2) is 6.66. The molecule has 1 heterocycles. The van der Waals surface area contributed by atoms with Gasteiger partial charge in [0, 0.05) is 23.4 Å². The van der Waals surface area contributed by atoms with Crippen molar-refractivity contribution in [2.45, 2.75) is 13.5 Å². The minimum Gasteiger partial charge on any atom is -0.326 e. The molecule has 2 N–H and O–H groups in total. The molecule has 5 heteroatoms. The summed E-state index contributed by atoms with van der Waals surface area (Å²) in [6.07, 6.45) is 3.56. The van der Waals surface area contributed by atoms with Crippen LogP contribution in [0.4, 0.5) is 0 Å². The first-order valence-electron chi connectivity index (χ1n) is 3.04. The van der Waals surface area contributed by atoms with E-state index in [-0.39, 0.29) is 24.8 Å². The lowest BCUT2D eigenvalue weighted by Gasteiger charge is -2.01. The molecule has 0 aromatic carbocycles. The molecule has 0 atom stereocenters. The molecule has 70 valence electrons. The van der Waals surface area contributed by atoms with Gasteiger partial charge in [-0.3, -0.25) is 4.98 Å². The first-order valence-corrected chi connectivity index (χ1v) is 3.84. The Labute approximate surface area is 92.9 Å². The second-order valence-corrected chi connectivity index (χ2v) is 2.96. The molecule has 0 spiro atoms. The number of nitrogens with zero attached hydrogens (tertiary/aromatic N) is 1. The highest BCUT2D eigenvalue weighted by molar-refractivity contribution is 9.10. The lowest BCUT2D eigenvalue weighted by atomic mass is 10.2. The number of hydrogen-bond donors (Lipinski definition) is 1. The van der Waals surface area contributed by atoms with Gasteiger partial charge in [0.05, 0.1) is 0 Å². The van der Waals surface area contributed by atoms with E-state index in [1.807, 2.05) is 6.92 Å². The van der Waals surface area contributed by atoms with Crippen molar-refractivity contribution in [2.75, 3.05) is 0 Å². The summed E-state index contributed by atoms with van der Waals surface area (Å²) < 4.78 is 1.02. The summed E-state index contributed by atoms with van der Waals surface area (Å²) in [5, 5.41) is 0. The van der Waals surface area contributed by atoms with Crippen LogP contribution < -0.4 is 5.73 Å². The smallest absolute Gasteiger partial charge is 0.0413 e. The molecule has 0 saturated heterocycles. The van der Waals surface area contributed by atoms with E-state index in [1.54, 1.807) is 12.4 Å². The fraction of sp³-hybridized carbons (Fsp3) is 0.286. The van der Waals surface area contributed by atoms with Crippen LogP contribution in [-0.2, 0) is 6.54 Å². The molecule has 0 saturated carbocycles. The molecule has 0 unspecified atom stereocenters. The van der Waals surface area contributed by atoms with E-state index < -0.39 is 0 Å². The largest absolute Gasteiger partial charge is 0.326 e. The Balaban J connectivity index is 0. The molecule has 0 bridgehead atoms. The van der Waals surface area contributed by atoms with Gasteiger partial charge in [0.2, 0.25) is 0 Å². The highest BCUT2D eigenvalue weighted by Crippen LogP contribution is 2.16. The number of aromatic nitrogens is 1. The van der Waals surface area contributed by atoms with E-state index >= 15 is 0 Å². The Kier molecular flexibility index (Phi) is 8.15. The van der Waals surface area contributed by atoms with E-state index in [0.717, 1.165) is 10.0 Å². The first kappa shape index (κ1) is 14.7. The van der Waals surface area contributed by atoms with Crippen molar-refractivity contribution in [3.05, 3.63) is 28.0 Å². The van der Waals surface area contributed by atoms with Crippen LogP contribution >= 0.6 is 40.7 Å². The van der Waals surface area contributed by atoms with Crippen molar-refractivity contribution in [1.29, 1.82) is 0 Å². The topological polar surface area (TPSA) is 38.9 Å². The summed E-state index contributed by atoms with van der Waals surface area (Å²) in [4.78, 5) is 3.99. The lowest BCUT2D eigenvalue weighted by molar-refractivity contribution is 1.02. The van der Waals surface area contributed by atoms with Gasteiger partial charge in [0.15, 0.2) is 0 Å². The first-order chi connectivity index (χ1) is 4.75. The summed E-state index contributed by atoms with van der Waals surface area (Å²) in [5.41, 5.74) is 7.73. The summed E-state index contributed by atoms with van der Waals surface area (Å²) in [5.74, 6) is 0. The van der Waals surface area contributed by atoms with Crippen molar-refractivity contribution < 1.29 is 0 Å². The molecule has 0 amide bonds. The van der Waals surface area contributed by atoms with Crippen molar-refractivity contribution in [3.8, 4) is 0 Å². The average Bonchev–Trinajstić information content (AvgIpc) is 1.95. The third-order valence-electron chi connectivity index (χ3n) is 1.48. The zero-order valence-corrected chi connectivity index (χ0v) is 9.80. The predicted molar refractivity (Wildman–Crippen MR) is 59.1 cm³/mol.